The highest BCUT2D eigenvalue weighted by Gasteiger charge is 2.11. The van der Waals surface area contributed by atoms with Crippen LogP contribution in [-0.2, 0) is 12.8 Å². The van der Waals surface area contributed by atoms with Crippen LogP contribution in [0, 0.1) is 0 Å². The zero-order valence-corrected chi connectivity index (χ0v) is 16.1. The van der Waals surface area contributed by atoms with Gasteiger partial charge in [0.1, 0.15) is 12.4 Å². The first-order valence-electron chi connectivity index (χ1n) is 8.13. The maximum atomic E-state index is 6.33. The Balaban J connectivity index is 3.21. The molecule has 0 spiro atoms. The second-order valence-electron chi connectivity index (χ2n) is 6.62. The van der Waals surface area contributed by atoms with Gasteiger partial charge >= 0.3 is 0 Å². The molecule has 0 aliphatic rings. The van der Waals surface area contributed by atoms with Crippen molar-refractivity contribution in [2.75, 3.05) is 6.61 Å². The van der Waals surface area contributed by atoms with E-state index in [4.69, 9.17) is 16.3 Å². The van der Waals surface area contributed by atoms with Crippen LogP contribution in [-0.4, -0.2) is 6.61 Å². The van der Waals surface area contributed by atoms with Crippen LogP contribution in [0.5, 0.6) is 5.75 Å². The van der Waals surface area contributed by atoms with E-state index in [1.54, 1.807) is 0 Å². The first-order chi connectivity index (χ1) is 10.8. The topological polar surface area (TPSA) is 9.23 Å². The molecule has 0 radical (unpaired) electrons. The normalized spacial score (nSPS) is 10.0. The van der Waals surface area contributed by atoms with Gasteiger partial charge in [-0.1, -0.05) is 40.5 Å². The minimum Gasteiger partial charge on any atom is -0.489 e. The molecule has 1 aromatic carbocycles. The number of ether oxygens (including phenoxy) is 1. The van der Waals surface area contributed by atoms with Crippen LogP contribution in [0.3, 0.4) is 0 Å². The summed E-state index contributed by atoms with van der Waals surface area (Å²) < 4.78 is 6.11. The molecule has 0 unspecified atom stereocenters. The standard InChI is InChI=1S/C21H29ClO/c1-15(2)7-9-18-13-20(22)14-19(10-8-16(3)4)21(18)23-12-11-17(5)6/h7-8,11,13-14H,9-10,12H2,1-6H3. The molecule has 0 N–H and O–H groups in total. The van der Waals surface area contributed by atoms with Crippen molar-refractivity contribution >= 4 is 11.6 Å². The Labute approximate surface area is 146 Å². The minimum atomic E-state index is 0.591. The molecule has 0 fully saturated rings. The van der Waals surface area contributed by atoms with E-state index < -0.39 is 0 Å². The third kappa shape index (κ3) is 7.56. The SMILES string of the molecule is CC(C)=CCOc1c(CC=C(C)C)cc(Cl)cc1CC=C(C)C. The number of benzene rings is 1. The lowest BCUT2D eigenvalue weighted by Gasteiger charge is -2.15. The smallest absolute Gasteiger partial charge is 0.126 e. The van der Waals surface area contributed by atoms with Gasteiger partial charge in [-0.2, -0.15) is 0 Å². The molecule has 1 nitrogen and oxygen atoms in total. The molecular weight excluding hydrogens is 304 g/mol. The number of allylic oxidation sites excluding steroid dienone is 5. The average molecular weight is 333 g/mol. The fourth-order valence-electron chi connectivity index (χ4n) is 2.12. The molecule has 126 valence electrons. The van der Waals surface area contributed by atoms with E-state index in [0.717, 1.165) is 34.7 Å². The molecule has 0 aliphatic carbocycles. The predicted octanol–water partition coefficient (Wildman–Crippen LogP) is 6.70. The van der Waals surface area contributed by atoms with Gasteiger partial charge in [-0.05, 0) is 83.7 Å². The van der Waals surface area contributed by atoms with Crippen LogP contribution in [0.25, 0.3) is 0 Å². The summed E-state index contributed by atoms with van der Waals surface area (Å²) in [6, 6.07) is 4.04. The van der Waals surface area contributed by atoms with Crippen molar-refractivity contribution in [3.8, 4) is 5.75 Å². The van der Waals surface area contributed by atoms with E-state index in [1.807, 2.05) is 12.1 Å². The number of halogens is 1. The highest BCUT2D eigenvalue weighted by Crippen LogP contribution is 2.30. The summed E-state index contributed by atoms with van der Waals surface area (Å²) in [6.45, 7) is 13.2. The second kappa shape index (κ2) is 9.62. The average Bonchev–Trinajstić information content (AvgIpc) is 2.44. The highest BCUT2D eigenvalue weighted by atomic mass is 35.5. The zero-order chi connectivity index (χ0) is 17.4. The zero-order valence-electron chi connectivity index (χ0n) is 15.3. The van der Waals surface area contributed by atoms with Crippen LogP contribution in [0.1, 0.15) is 52.7 Å². The number of hydrogen-bond donors (Lipinski definition) is 0. The Kier molecular flexibility index (Phi) is 8.19. The molecule has 0 aliphatic heterocycles. The Morgan fingerprint density at radius 3 is 1.65 bits per heavy atom. The van der Waals surface area contributed by atoms with Crippen molar-refractivity contribution in [3.05, 3.63) is 63.2 Å². The lowest BCUT2D eigenvalue weighted by molar-refractivity contribution is 0.355. The van der Waals surface area contributed by atoms with Gasteiger partial charge in [-0.25, -0.2) is 0 Å². The molecule has 0 amide bonds. The molecule has 0 aromatic heterocycles. The molecule has 0 bridgehead atoms. The lowest BCUT2D eigenvalue weighted by Crippen LogP contribution is -2.02. The summed E-state index contributed by atoms with van der Waals surface area (Å²) in [5.74, 6) is 0.974. The van der Waals surface area contributed by atoms with Crippen LogP contribution in [0.15, 0.2) is 47.1 Å². The van der Waals surface area contributed by atoms with E-state index >= 15 is 0 Å². The summed E-state index contributed by atoms with van der Waals surface area (Å²) in [6.07, 6.45) is 8.21. The van der Waals surface area contributed by atoms with Crippen LogP contribution < -0.4 is 4.74 Å². The van der Waals surface area contributed by atoms with E-state index in [2.05, 4.69) is 59.8 Å². The van der Waals surface area contributed by atoms with Gasteiger partial charge in [-0.3, -0.25) is 0 Å². The Morgan fingerprint density at radius 1 is 0.826 bits per heavy atom. The molecule has 1 rings (SSSR count). The predicted molar refractivity (Wildman–Crippen MR) is 103 cm³/mol. The minimum absolute atomic E-state index is 0.591. The third-order valence-electron chi connectivity index (χ3n) is 3.39. The molecule has 23 heavy (non-hydrogen) atoms. The fourth-order valence-corrected chi connectivity index (χ4v) is 2.38. The molecule has 0 saturated heterocycles. The van der Waals surface area contributed by atoms with Gasteiger partial charge in [0.25, 0.3) is 0 Å². The van der Waals surface area contributed by atoms with Crippen LogP contribution >= 0.6 is 11.6 Å². The second-order valence-corrected chi connectivity index (χ2v) is 7.05. The highest BCUT2D eigenvalue weighted by molar-refractivity contribution is 6.30. The monoisotopic (exact) mass is 332 g/mol. The van der Waals surface area contributed by atoms with E-state index in [0.29, 0.717) is 6.61 Å². The van der Waals surface area contributed by atoms with Gasteiger partial charge < -0.3 is 4.74 Å². The summed E-state index contributed by atoms with van der Waals surface area (Å²) in [5, 5.41) is 0.772. The van der Waals surface area contributed by atoms with Crippen molar-refractivity contribution in [2.45, 2.75) is 54.4 Å². The van der Waals surface area contributed by atoms with Crippen molar-refractivity contribution in [1.29, 1.82) is 0 Å². The number of rotatable bonds is 7. The molecule has 0 saturated carbocycles. The summed E-state index contributed by atoms with van der Waals surface area (Å²) in [4.78, 5) is 0. The molecule has 0 heterocycles. The molecule has 0 atom stereocenters. The van der Waals surface area contributed by atoms with Crippen molar-refractivity contribution in [2.24, 2.45) is 0 Å². The lowest BCUT2D eigenvalue weighted by atomic mass is 10.0. The Morgan fingerprint density at radius 2 is 1.26 bits per heavy atom. The quantitative estimate of drug-likeness (QED) is 0.504. The van der Waals surface area contributed by atoms with Crippen molar-refractivity contribution < 1.29 is 4.74 Å². The molecule has 2 heteroatoms. The van der Waals surface area contributed by atoms with E-state index in [-0.39, 0.29) is 0 Å². The summed E-state index contributed by atoms with van der Waals surface area (Å²) >= 11 is 6.33. The summed E-state index contributed by atoms with van der Waals surface area (Å²) in [7, 11) is 0. The van der Waals surface area contributed by atoms with Gasteiger partial charge in [-0.15, -0.1) is 0 Å². The Hall–Kier alpha value is -1.47. The summed E-state index contributed by atoms with van der Waals surface area (Å²) in [5.41, 5.74) is 6.16. The van der Waals surface area contributed by atoms with Crippen molar-refractivity contribution in [3.63, 3.8) is 0 Å². The molecular formula is C21H29ClO. The first-order valence-corrected chi connectivity index (χ1v) is 8.51. The van der Waals surface area contributed by atoms with E-state index in [9.17, 15) is 0 Å². The van der Waals surface area contributed by atoms with Gasteiger partial charge in [0.15, 0.2) is 0 Å². The number of hydrogen-bond acceptors (Lipinski definition) is 1. The first kappa shape index (κ1) is 19.6. The maximum absolute atomic E-state index is 6.33. The largest absolute Gasteiger partial charge is 0.489 e. The fraction of sp³-hybridized carbons (Fsp3) is 0.429. The molecule has 1 aromatic rings. The van der Waals surface area contributed by atoms with Crippen molar-refractivity contribution in [1.82, 2.24) is 0 Å². The van der Waals surface area contributed by atoms with Crippen LogP contribution in [0.4, 0.5) is 0 Å². The maximum Gasteiger partial charge on any atom is 0.126 e. The van der Waals surface area contributed by atoms with Gasteiger partial charge in [0.2, 0.25) is 0 Å². The Bertz CT molecular complexity index is 568. The van der Waals surface area contributed by atoms with E-state index in [1.165, 1.54) is 16.7 Å². The van der Waals surface area contributed by atoms with Crippen LogP contribution in [0.2, 0.25) is 5.02 Å². The van der Waals surface area contributed by atoms with Gasteiger partial charge in [0.05, 0.1) is 0 Å². The third-order valence-corrected chi connectivity index (χ3v) is 3.61. The van der Waals surface area contributed by atoms with Gasteiger partial charge in [0, 0.05) is 5.02 Å².